The highest BCUT2D eigenvalue weighted by atomic mass is 35.5. The topological polar surface area (TPSA) is 32.7 Å². The molecule has 5 heteroatoms. The molecule has 0 fully saturated rings. The number of phenols is 1. The Morgan fingerprint density at radius 2 is 2.05 bits per heavy atom. The van der Waals surface area contributed by atoms with Gasteiger partial charge in [0, 0.05) is 35.9 Å². The molecule has 0 aromatic heterocycles. The number of aromatic hydroxyl groups is 1. The van der Waals surface area contributed by atoms with Crippen LogP contribution in [0.5, 0.6) is 11.5 Å². The fourth-order valence-electron chi connectivity index (χ4n) is 1.96. The molecule has 0 bridgehead atoms. The van der Waals surface area contributed by atoms with Gasteiger partial charge in [-0.15, -0.1) is 0 Å². The third-order valence-electron chi connectivity index (χ3n) is 3.00. The number of hydrogen-bond donors (Lipinski definition) is 1. The van der Waals surface area contributed by atoms with Gasteiger partial charge in [0.05, 0.1) is 7.11 Å². The zero-order valence-electron chi connectivity index (χ0n) is 11.2. The quantitative estimate of drug-likeness (QED) is 0.930. The fourth-order valence-corrected chi connectivity index (χ4v) is 2.20. The van der Waals surface area contributed by atoms with Gasteiger partial charge in [-0.05, 0) is 24.3 Å². The smallest absolute Gasteiger partial charge is 0.162 e. The van der Waals surface area contributed by atoms with E-state index in [9.17, 15) is 9.50 Å². The maximum atomic E-state index is 13.2. The molecule has 0 saturated carbocycles. The Hall–Kier alpha value is -1.94. The lowest BCUT2D eigenvalue weighted by molar-refractivity contribution is 0.370. The summed E-state index contributed by atoms with van der Waals surface area (Å²) >= 11 is 5.99. The molecule has 0 radical (unpaired) electrons. The highest BCUT2D eigenvalue weighted by Crippen LogP contribution is 2.34. The van der Waals surface area contributed by atoms with Crippen molar-refractivity contribution in [3.05, 3.63) is 52.8 Å². The lowest BCUT2D eigenvalue weighted by Gasteiger charge is -2.20. The molecule has 0 unspecified atom stereocenters. The minimum atomic E-state index is -0.303. The number of phenolic OH excluding ortho intramolecular Hbond substituents is 1. The average Bonchev–Trinajstić information content (AvgIpc) is 2.42. The van der Waals surface area contributed by atoms with Crippen molar-refractivity contribution in [2.75, 3.05) is 19.1 Å². The molecule has 0 atom stereocenters. The van der Waals surface area contributed by atoms with E-state index < -0.39 is 0 Å². The fraction of sp³-hybridized carbons (Fsp3) is 0.200. The Balaban J connectivity index is 2.28. The van der Waals surface area contributed by atoms with E-state index >= 15 is 0 Å². The van der Waals surface area contributed by atoms with Gasteiger partial charge >= 0.3 is 0 Å². The second-order valence-corrected chi connectivity index (χ2v) is 4.89. The number of halogens is 2. The van der Waals surface area contributed by atoms with E-state index in [0.717, 1.165) is 0 Å². The monoisotopic (exact) mass is 295 g/mol. The largest absolute Gasteiger partial charge is 0.504 e. The van der Waals surface area contributed by atoms with E-state index in [1.54, 1.807) is 24.3 Å². The molecule has 0 saturated heterocycles. The summed E-state index contributed by atoms with van der Waals surface area (Å²) < 4.78 is 18.3. The number of rotatable bonds is 4. The first-order valence-corrected chi connectivity index (χ1v) is 6.41. The normalized spacial score (nSPS) is 10.4. The van der Waals surface area contributed by atoms with Crippen LogP contribution in [0.4, 0.5) is 10.1 Å². The number of anilines is 1. The third-order valence-corrected chi connectivity index (χ3v) is 3.21. The van der Waals surface area contributed by atoms with Crippen LogP contribution in [-0.2, 0) is 6.54 Å². The molecule has 2 aromatic rings. The van der Waals surface area contributed by atoms with Gasteiger partial charge in [-0.25, -0.2) is 4.39 Å². The molecular formula is C15H15ClFNO2. The summed E-state index contributed by atoms with van der Waals surface area (Å²) in [6, 6.07) is 9.45. The summed E-state index contributed by atoms with van der Waals surface area (Å²) in [5.41, 5.74) is 1.32. The Labute approximate surface area is 122 Å². The Bertz CT molecular complexity index is 619. The summed E-state index contributed by atoms with van der Waals surface area (Å²) in [5.74, 6) is 0.0579. The summed E-state index contributed by atoms with van der Waals surface area (Å²) in [5, 5.41) is 10.6. The van der Waals surface area contributed by atoms with Gasteiger partial charge in [0.1, 0.15) is 5.82 Å². The van der Waals surface area contributed by atoms with E-state index in [0.29, 0.717) is 28.6 Å². The van der Waals surface area contributed by atoms with Crippen molar-refractivity contribution in [2.45, 2.75) is 6.54 Å². The van der Waals surface area contributed by atoms with Gasteiger partial charge in [0.2, 0.25) is 0 Å². The standard InChI is InChI=1S/C15H15ClFNO2/c1-18(13-5-3-4-12(17)8-13)9-10-6-11(16)7-14(20-2)15(10)19/h3-8,19H,9H2,1-2H3. The minimum absolute atomic E-state index is 0.0418. The van der Waals surface area contributed by atoms with E-state index in [1.165, 1.54) is 19.2 Å². The lowest BCUT2D eigenvalue weighted by atomic mass is 10.1. The predicted octanol–water partition coefficient (Wildman–Crippen LogP) is 3.83. The Morgan fingerprint density at radius 1 is 1.30 bits per heavy atom. The van der Waals surface area contributed by atoms with Crippen LogP contribution in [0.1, 0.15) is 5.56 Å². The first kappa shape index (κ1) is 14.5. The number of hydrogen-bond acceptors (Lipinski definition) is 3. The van der Waals surface area contributed by atoms with Gasteiger partial charge in [0.25, 0.3) is 0 Å². The molecule has 2 aromatic carbocycles. The van der Waals surface area contributed by atoms with Crippen LogP contribution in [0, 0.1) is 5.82 Å². The van der Waals surface area contributed by atoms with Crippen LogP contribution >= 0.6 is 11.6 Å². The molecule has 0 spiro atoms. The second-order valence-electron chi connectivity index (χ2n) is 4.45. The van der Waals surface area contributed by atoms with Crippen molar-refractivity contribution < 1.29 is 14.2 Å². The van der Waals surface area contributed by atoms with E-state index in [4.69, 9.17) is 16.3 Å². The highest BCUT2D eigenvalue weighted by Gasteiger charge is 2.12. The zero-order valence-corrected chi connectivity index (χ0v) is 12.0. The molecular weight excluding hydrogens is 281 g/mol. The number of methoxy groups -OCH3 is 1. The summed E-state index contributed by atoms with van der Waals surface area (Å²) in [7, 11) is 3.27. The number of nitrogens with zero attached hydrogens (tertiary/aromatic N) is 1. The average molecular weight is 296 g/mol. The molecule has 2 rings (SSSR count). The van der Waals surface area contributed by atoms with Crippen molar-refractivity contribution in [1.29, 1.82) is 0 Å². The molecule has 3 nitrogen and oxygen atoms in total. The maximum absolute atomic E-state index is 13.2. The van der Waals surface area contributed by atoms with Crippen molar-refractivity contribution in [3.63, 3.8) is 0 Å². The summed E-state index contributed by atoms with van der Waals surface area (Å²) in [6.07, 6.45) is 0. The van der Waals surface area contributed by atoms with Gasteiger partial charge in [0.15, 0.2) is 11.5 Å². The van der Waals surface area contributed by atoms with Crippen LogP contribution in [0.2, 0.25) is 5.02 Å². The summed E-state index contributed by atoms with van der Waals surface area (Å²) in [6.45, 7) is 0.381. The van der Waals surface area contributed by atoms with Gasteiger partial charge in [-0.1, -0.05) is 17.7 Å². The second kappa shape index (κ2) is 6.01. The summed E-state index contributed by atoms with van der Waals surface area (Å²) in [4.78, 5) is 1.81. The molecule has 1 N–H and O–H groups in total. The first-order chi connectivity index (χ1) is 9.51. The van der Waals surface area contributed by atoms with Crippen molar-refractivity contribution in [3.8, 4) is 11.5 Å². The Morgan fingerprint density at radius 3 is 2.70 bits per heavy atom. The van der Waals surface area contributed by atoms with Crippen LogP contribution in [0.15, 0.2) is 36.4 Å². The van der Waals surface area contributed by atoms with E-state index in [-0.39, 0.29) is 11.6 Å². The minimum Gasteiger partial charge on any atom is -0.504 e. The predicted molar refractivity (Wildman–Crippen MR) is 78.2 cm³/mol. The van der Waals surface area contributed by atoms with Crippen molar-refractivity contribution in [1.82, 2.24) is 0 Å². The molecule has 20 heavy (non-hydrogen) atoms. The third kappa shape index (κ3) is 3.14. The molecule has 0 aliphatic rings. The van der Waals surface area contributed by atoms with Crippen LogP contribution < -0.4 is 9.64 Å². The van der Waals surface area contributed by atoms with Gasteiger partial charge < -0.3 is 14.7 Å². The lowest BCUT2D eigenvalue weighted by Crippen LogP contribution is -2.16. The zero-order chi connectivity index (χ0) is 14.7. The van der Waals surface area contributed by atoms with Crippen molar-refractivity contribution >= 4 is 17.3 Å². The van der Waals surface area contributed by atoms with Crippen LogP contribution in [0.3, 0.4) is 0 Å². The van der Waals surface area contributed by atoms with E-state index in [2.05, 4.69) is 0 Å². The molecule has 0 amide bonds. The molecule has 0 aliphatic carbocycles. The first-order valence-electron chi connectivity index (χ1n) is 6.03. The molecule has 0 aliphatic heterocycles. The van der Waals surface area contributed by atoms with Gasteiger partial charge in [-0.3, -0.25) is 0 Å². The number of benzene rings is 2. The highest BCUT2D eigenvalue weighted by molar-refractivity contribution is 6.30. The molecule has 106 valence electrons. The SMILES string of the molecule is COc1cc(Cl)cc(CN(C)c2cccc(F)c2)c1O. The Kier molecular flexibility index (Phi) is 4.35. The van der Waals surface area contributed by atoms with Crippen LogP contribution in [-0.4, -0.2) is 19.3 Å². The number of ether oxygens (including phenoxy) is 1. The maximum Gasteiger partial charge on any atom is 0.162 e. The van der Waals surface area contributed by atoms with Crippen LogP contribution in [0.25, 0.3) is 0 Å². The van der Waals surface area contributed by atoms with Crippen molar-refractivity contribution in [2.24, 2.45) is 0 Å². The van der Waals surface area contributed by atoms with E-state index in [1.807, 2.05) is 11.9 Å². The molecule has 0 heterocycles. The van der Waals surface area contributed by atoms with Gasteiger partial charge in [-0.2, -0.15) is 0 Å².